The maximum atomic E-state index is 4.20. The normalized spacial score (nSPS) is 11.4. The highest BCUT2D eigenvalue weighted by Crippen LogP contribution is 2.08. The minimum absolute atomic E-state index is 0.923. The predicted molar refractivity (Wildman–Crippen MR) is 72.2 cm³/mol. The number of aromatic nitrogens is 2. The van der Waals surface area contributed by atoms with Crippen molar-refractivity contribution < 1.29 is 0 Å². The lowest BCUT2D eigenvalue weighted by Gasteiger charge is -2.17. The molecule has 4 nitrogen and oxygen atoms in total. The van der Waals surface area contributed by atoms with E-state index in [0.29, 0.717) is 0 Å². The second-order valence-corrected chi connectivity index (χ2v) is 4.47. The Hall–Kier alpha value is -0.870. The lowest BCUT2D eigenvalue weighted by atomic mass is 10.2. The molecule has 0 spiro atoms. The van der Waals surface area contributed by atoms with E-state index in [4.69, 9.17) is 0 Å². The number of nitrogens with zero attached hydrogens (tertiary/aromatic N) is 2. The van der Waals surface area contributed by atoms with Crippen molar-refractivity contribution in [3.63, 3.8) is 0 Å². The molecule has 17 heavy (non-hydrogen) atoms. The molecule has 0 aliphatic heterocycles. The van der Waals surface area contributed by atoms with Crippen LogP contribution in [0.1, 0.15) is 37.2 Å². The van der Waals surface area contributed by atoms with Gasteiger partial charge in [-0.15, -0.1) is 0 Å². The first-order chi connectivity index (χ1) is 8.19. The van der Waals surface area contributed by atoms with Crippen LogP contribution in [0.5, 0.6) is 0 Å². The molecule has 0 aliphatic carbocycles. The monoisotopic (exact) mass is 238 g/mol. The quantitative estimate of drug-likeness (QED) is 0.679. The van der Waals surface area contributed by atoms with E-state index in [2.05, 4.69) is 48.1 Å². The predicted octanol–water partition coefficient (Wildman–Crippen LogP) is 1.85. The van der Waals surface area contributed by atoms with Crippen LogP contribution in [0.3, 0.4) is 0 Å². The zero-order chi connectivity index (χ0) is 12.7. The summed E-state index contributed by atoms with van der Waals surface area (Å²) >= 11 is 0. The fourth-order valence-corrected chi connectivity index (χ4v) is 2.02. The van der Waals surface area contributed by atoms with Gasteiger partial charge in [0.25, 0.3) is 0 Å². The van der Waals surface area contributed by atoms with Crippen LogP contribution in [0.15, 0.2) is 0 Å². The Morgan fingerprint density at radius 1 is 1.24 bits per heavy atom. The van der Waals surface area contributed by atoms with Crippen LogP contribution in [0, 0.1) is 13.8 Å². The Balaban J connectivity index is 2.16. The smallest absolute Gasteiger partial charge is 0.0638 e. The molecule has 0 unspecified atom stereocenters. The van der Waals surface area contributed by atoms with E-state index in [1.165, 1.54) is 24.2 Å². The molecule has 0 radical (unpaired) electrons. The van der Waals surface area contributed by atoms with Gasteiger partial charge in [0, 0.05) is 17.8 Å². The molecule has 1 aromatic heterocycles. The molecule has 1 aromatic rings. The van der Waals surface area contributed by atoms with Crippen molar-refractivity contribution in [1.82, 2.24) is 20.4 Å². The van der Waals surface area contributed by atoms with E-state index in [1.54, 1.807) is 0 Å². The van der Waals surface area contributed by atoms with Gasteiger partial charge >= 0.3 is 0 Å². The molecule has 0 atom stereocenters. The van der Waals surface area contributed by atoms with Crippen LogP contribution >= 0.6 is 0 Å². The molecular formula is C13H26N4. The van der Waals surface area contributed by atoms with Crippen molar-refractivity contribution >= 4 is 0 Å². The van der Waals surface area contributed by atoms with Gasteiger partial charge in [-0.1, -0.05) is 13.8 Å². The molecule has 4 heteroatoms. The van der Waals surface area contributed by atoms with Crippen LogP contribution in [0.2, 0.25) is 0 Å². The summed E-state index contributed by atoms with van der Waals surface area (Å²) in [6.45, 7) is 14.0. The molecule has 1 rings (SSSR count). The number of rotatable bonds is 8. The SMILES string of the molecule is CCN(CC)CCCNCc1c(C)n[nH]c1C. The van der Waals surface area contributed by atoms with E-state index < -0.39 is 0 Å². The van der Waals surface area contributed by atoms with E-state index >= 15 is 0 Å². The second-order valence-electron chi connectivity index (χ2n) is 4.47. The molecule has 0 fully saturated rings. The summed E-state index contributed by atoms with van der Waals surface area (Å²) in [6.07, 6.45) is 1.21. The standard InChI is InChI=1S/C13H26N4/c1-5-17(6-2)9-7-8-14-10-13-11(3)15-16-12(13)4/h14H,5-10H2,1-4H3,(H,15,16). The van der Waals surface area contributed by atoms with Crippen LogP contribution in [-0.2, 0) is 6.54 Å². The van der Waals surface area contributed by atoms with Gasteiger partial charge in [-0.25, -0.2) is 0 Å². The average molecular weight is 238 g/mol. The Bertz CT molecular complexity index is 296. The molecular weight excluding hydrogens is 212 g/mol. The minimum Gasteiger partial charge on any atom is -0.312 e. The first-order valence-electron chi connectivity index (χ1n) is 6.62. The minimum atomic E-state index is 0.923. The van der Waals surface area contributed by atoms with Crippen LogP contribution in [0.4, 0.5) is 0 Å². The highest BCUT2D eigenvalue weighted by Gasteiger charge is 2.05. The van der Waals surface area contributed by atoms with Gasteiger partial charge in [-0.3, -0.25) is 5.10 Å². The van der Waals surface area contributed by atoms with Gasteiger partial charge in [0.05, 0.1) is 5.69 Å². The van der Waals surface area contributed by atoms with Crippen molar-refractivity contribution in [3.05, 3.63) is 17.0 Å². The van der Waals surface area contributed by atoms with Gasteiger partial charge in [-0.2, -0.15) is 5.10 Å². The fraction of sp³-hybridized carbons (Fsp3) is 0.769. The zero-order valence-electron chi connectivity index (χ0n) is 11.6. The number of aryl methyl sites for hydroxylation is 2. The third-order valence-electron chi connectivity index (χ3n) is 3.30. The highest BCUT2D eigenvalue weighted by atomic mass is 15.1. The Morgan fingerprint density at radius 2 is 1.94 bits per heavy atom. The van der Waals surface area contributed by atoms with Crippen LogP contribution in [0.25, 0.3) is 0 Å². The Kier molecular flexibility index (Phi) is 6.22. The largest absolute Gasteiger partial charge is 0.312 e. The average Bonchev–Trinajstić information content (AvgIpc) is 2.65. The summed E-state index contributed by atoms with van der Waals surface area (Å²) in [5, 5.41) is 10.7. The van der Waals surface area contributed by atoms with Crippen molar-refractivity contribution in [2.75, 3.05) is 26.2 Å². The summed E-state index contributed by atoms with van der Waals surface area (Å²) in [7, 11) is 0. The van der Waals surface area contributed by atoms with Gasteiger partial charge < -0.3 is 10.2 Å². The van der Waals surface area contributed by atoms with Gasteiger partial charge in [0.15, 0.2) is 0 Å². The fourth-order valence-electron chi connectivity index (χ4n) is 2.02. The first-order valence-corrected chi connectivity index (χ1v) is 6.62. The number of nitrogens with one attached hydrogen (secondary N) is 2. The van der Waals surface area contributed by atoms with E-state index in [0.717, 1.165) is 31.9 Å². The van der Waals surface area contributed by atoms with Crippen LogP contribution < -0.4 is 5.32 Å². The summed E-state index contributed by atoms with van der Waals surface area (Å²) in [5.41, 5.74) is 3.60. The summed E-state index contributed by atoms with van der Waals surface area (Å²) in [5.74, 6) is 0. The third kappa shape index (κ3) is 4.48. The van der Waals surface area contributed by atoms with E-state index in [-0.39, 0.29) is 0 Å². The number of hydrogen-bond acceptors (Lipinski definition) is 3. The van der Waals surface area contributed by atoms with Gasteiger partial charge in [0.2, 0.25) is 0 Å². The van der Waals surface area contributed by atoms with E-state index in [9.17, 15) is 0 Å². The molecule has 98 valence electrons. The summed E-state index contributed by atoms with van der Waals surface area (Å²) in [4.78, 5) is 2.45. The molecule has 0 amide bonds. The van der Waals surface area contributed by atoms with Gasteiger partial charge in [-0.05, 0) is 46.4 Å². The van der Waals surface area contributed by atoms with Crippen molar-refractivity contribution in [1.29, 1.82) is 0 Å². The third-order valence-corrected chi connectivity index (χ3v) is 3.30. The number of hydrogen-bond donors (Lipinski definition) is 2. The maximum absolute atomic E-state index is 4.20. The van der Waals surface area contributed by atoms with Crippen molar-refractivity contribution in [2.24, 2.45) is 0 Å². The van der Waals surface area contributed by atoms with E-state index in [1.807, 2.05) is 0 Å². The second kappa shape index (κ2) is 7.45. The molecule has 0 saturated carbocycles. The molecule has 2 N–H and O–H groups in total. The Labute approximate surface area is 105 Å². The maximum Gasteiger partial charge on any atom is 0.0638 e. The summed E-state index contributed by atoms with van der Waals surface area (Å²) in [6, 6.07) is 0. The highest BCUT2D eigenvalue weighted by molar-refractivity contribution is 5.22. The summed E-state index contributed by atoms with van der Waals surface area (Å²) < 4.78 is 0. The molecule has 0 saturated heterocycles. The number of H-pyrrole nitrogens is 1. The number of aromatic amines is 1. The lowest BCUT2D eigenvalue weighted by Crippen LogP contribution is -2.27. The lowest BCUT2D eigenvalue weighted by molar-refractivity contribution is 0.298. The molecule has 0 aromatic carbocycles. The molecule has 0 aliphatic rings. The van der Waals surface area contributed by atoms with Crippen molar-refractivity contribution in [3.8, 4) is 0 Å². The topological polar surface area (TPSA) is 44.0 Å². The Morgan fingerprint density at radius 3 is 2.47 bits per heavy atom. The zero-order valence-corrected chi connectivity index (χ0v) is 11.6. The van der Waals surface area contributed by atoms with Crippen LogP contribution in [-0.4, -0.2) is 41.3 Å². The van der Waals surface area contributed by atoms with Gasteiger partial charge in [0.1, 0.15) is 0 Å². The molecule has 1 heterocycles. The molecule has 0 bridgehead atoms. The van der Waals surface area contributed by atoms with Crippen molar-refractivity contribution in [2.45, 2.75) is 40.7 Å². The first kappa shape index (κ1) is 14.2.